The van der Waals surface area contributed by atoms with Crippen LogP contribution in [0.25, 0.3) is 5.82 Å². The first-order valence-electron chi connectivity index (χ1n) is 6.70. The lowest BCUT2D eigenvalue weighted by Crippen LogP contribution is -2.13. The predicted molar refractivity (Wildman–Crippen MR) is 80.8 cm³/mol. The monoisotopic (exact) mass is 294 g/mol. The van der Waals surface area contributed by atoms with Crippen LogP contribution in [0, 0.1) is 13.8 Å². The first-order chi connectivity index (χ1) is 10.7. The number of hydrogen-bond donors (Lipinski definition) is 1. The molecule has 0 fully saturated rings. The molecule has 7 nitrogen and oxygen atoms in total. The number of hydrogen-bond acceptors (Lipinski definition) is 5. The highest BCUT2D eigenvalue weighted by atomic mass is 16.1. The molecule has 1 N–H and O–H groups in total. The predicted octanol–water partition coefficient (Wildman–Crippen LogP) is 1.93. The molecule has 0 unspecified atom stereocenters. The quantitative estimate of drug-likeness (QED) is 0.797. The summed E-state index contributed by atoms with van der Waals surface area (Å²) in [6.07, 6.45) is 7.92. The molecule has 0 spiro atoms. The molecule has 22 heavy (non-hydrogen) atoms. The first-order valence-corrected chi connectivity index (χ1v) is 6.70. The normalized spacial score (nSPS) is 10.5. The van der Waals surface area contributed by atoms with Crippen LogP contribution >= 0.6 is 0 Å². The second kappa shape index (κ2) is 5.72. The van der Waals surface area contributed by atoms with Gasteiger partial charge in [0.05, 0.1) is 29.8 Å². The van der Waals surface area contributed by atoms with Crippen molar-refractivity contribution in [3.63, 3.8) is 0 Å². The standard InChI is InChI=1S/C15H14N6O/c1-10-7-13(15(22)20-12-3-4-18-19-8-12)11(2)21(10)14-9-16-5-6-17-14/h3-9H,1-2H3,(H,18,20,22). The Morgan fingerprint density at radius 2 is 2.00 bits per heavy atom. The van der Waals surface area contributed by atoms with E-state index in [4.69, 9.17) is 0 Å². The van der Waals surface area contributed by atoms with Gasteiger partial charge in [-0.2, -0.15) is 10.2 Å². The average Bonchev–Trinajstić information content (AvgIpc) is 2.84. The molecule has 0 atom stereocenters. The van der Waals surface area contributed by atoms with Gasteiger partial charge in [0.25, 0.3) is 5.91 Å². The van der Waals surface area contributed by atoms with E-state index < -0.39 is 0 Å². The van der Waals surface area contributed by atoms with E-state index in [9.17, 15) is 4.79 Å². The maximum Gasteiger partial charge on any atom is 0.257 e. The number of rotatable bonds is 3. The van der Waals surface area contributed by atoms with Gasteiger partial charge in [-0.3, -0.25) is 9.78 Å². The number of nitrogens with zero attached hydrogens (tertiary/aromatic N) is 5. The zero-order chi connectivity index (χ0) is 15.5. The smallest absolute Gasteiger partial charge is 0.257 e. The topological polar surface area (TPSA) is 85.6 Å². The summed E-state index contributed by atoms with van der Waals surface area (Å²) in [4.78, 5) is 20.8. The summed E-state index contributed by atoms with van der Waals surface area (Å²) in [5, 5.41) is 10.2. The van der Waals surface area contributed by atoms with Gasteiger partial charge in [0.2, 0.25) is 0 Å². The lowest BCUT2D eigenvalue weighted by Gasteiger charge is -2.08. The molecule has 0 saturated heterocycles. The molecule has 1 amide bonds. The van der Waals surface area contributed by atoms with E-state index in [0.717, 1.165) is 11.4 Å². The molecule has 110 valence electrons. The van der Waals surface area contributed by atoms with Gasteiger partial charge in [0.15, 0.2) is 5.82 Å². The maximum atomic E-state index is 12.4. The third-order valence-electron chi connectivity index (χ3n) is 3.30. The third kappa shape index (κ3) is 2.56. The van der Waals surface area contributed by atoms with Gasteiger partial charge < -0.3 is 9.88 Å². The van der Waals surface area contributed by atoms with Crippen molar-refractivity contribution in [2.24, 2.45) is 0 Å². The van der Waals surface area contributed by atoms with Gasteiger partial charge in [-0.25, -0.2) is 4.98 Å². The molecule has 0 aliphatic carbocycles. The Morgan fingerprint density at radius 3 is 2.68 bits per heavy atom. The van der Waals surface area contributed by atoms with Crippen molar-refractivity contribution in [3.8, 4) is 5.82 Å². The lowest BCUT2D eigenvalue weighted by atomic mass is 10.2. The Bertz CT molecular complexity index is 798. The van der Waals surface area contributed by atoms with E-state index in [1.54, 1.807) is 24.7 Å². The Morgan fingerprint density at radius 1 is 1.14 bits per heavy atom. The largest absolute Gasteiger partial charge is 0.320 e. The minimum Gasteiger partial charge on any atom is -0.320 e. The first kappa shape index (κ1) is 13.9. The Hall–Kier alpha value is -3.09. The Kier molecular flexibility index (Phi) is 3.61. The summed E-state index contributed by atoms with van der Waals surface area (Å²) in [7, 11) is 0. The van der Waals surface area contributed by atoms with Gasteiger partial charge in [0.1, 0.15) is 0 Å². The summed E-state index contributed by atoms with van der Waals surface area (Å²) < 4.78 is 1.90. The summed E-state index contributed by atoms with van der Waals surface area (Å²) in [5.41, 5.74) is 2.90. The highest BCUT2D eigenvalue weighted by Crippen LogP contribution is 2.20. The molecule has 0 aliphatic heterocycles. The average molecular weight is 294 g/mol. The molecule has 0 aliphatic rings. The second-order valence-electron chi connectivity index (χ2n) is 4.77. The molecule has 3 aromatic heterocycles. The number of aryl methyl sites for hydroxylation is 1. The number of carbonyl (C=O) groups is 1. The lowest BCUT2D eigenvalue weighted by molar-refractivity contribution is 0.102. The van der Waals surface area contributed by atoms with Crippen LogP contribution in [-0.2, 0) is 0 Å². The van der Waals surface area contributed by atoms with Crippen molar-refractivity contribution in [2.45, 2.75) is 13.8 Å². The van der Waals surface area contributed by atoms with E-state index in [1.165, 1.54) is 12.4 Å². The van der Waals surface area contributed by atoms with E-state index >= 15 is 0 Å². The number of amides is 1. The van der Waals surface area contributed by atoms with Gasteiger partial charge in [-0.15, -0.1) is 0 Å². The van der Waals surface area contributed by atoms with Crippen LogP contribution < -0.4 is 5.32 Å². The number of carbonyl (C=O) groups excluding carboxylic acids is 1. The molecule has 3 aromatic rings. The van der Waals surface area contributed by atoms with Crippen LogP contribution in [0.1, 0.15) is 21.7 Å². The van der Waals surface area contributed by atoms with Gasteiger partial charge in [-0.05, 0) is 26.0 Å². The molecule has 3 heterocycles. The van der Waals surface area contributed by atoms with Crippen LogP contribution in [0.3, 0.4) is 0 Å². The molecule has 3 rings (SSSR count). The zero-order valence-corrected chi connectivity index (χ0v) is 12.2. The SMILES string of the molecule is Cc1cc(C(=O)Nc2ccnnc2)c(C)n1-c1cnccn1. The van der Waals surface area contributed by atoms with E-state index in [-0.39, 0.29) is 5.91 Å². The van der Waals surface area contributed by atoms with Crippen LogP contribution in [0.2, 0.25) is 0 Å². The van der Waals surface area contributed by atoms with Crippen LogP contribution in [-0.4, -0.2) is 30.6 Å². The van der Waals surface area contributed by atoms with Crippen LogP contribution in [0.5, 0.6) is 0 Å². The molecule has 0 aromatic carbocycles. The second-order valence-corrected chi connectivity index (χ2v) is 4.77. The van der Waals surface area contributed by atoms with Crippen molar-refractivity contribution < 1.29 is 4.79 Å². The Labute approximate surface area is 127 Å². The fourth-order valence-electron chi connectivity index (χ4n) is 2.31. The van der Waals surface area contributed by atoms with Gasteiger partial charge in [0, 0.05) is 23.8 Å². The summed E-state index contributed by atoms with van der Waals surface area (Å²) in [6, 6.07) is 3.51. The molecular weight excluding hydrogens is 280 g/mol. The molecule has 0 radical (unpaired) electrons. The van der Waals surface area contributed by atoms with Gasteiger partial charge in [-0.1, -0.05) is 0 Å². The van der Waals surface area contributed by atoms with E-state index in [2.05, 4.69) is 25.5 Å². The molecular formula is C15H14N6O. The summed E-state index contributed by atoms with van der Waals surface area (Å²) >= 11 is 0. The zero-order valence-electron chi connectivity index (χ0n) is 12.2. The van der Waals surface area contributed by atoms with Crippen molar-refractivity contribution in [1.29, 1.82) is 0 Å². The molecule has 7 heteroatoms. The number of anilines is 1. The number of aromatic nitrogens is 5. The number of nitrogens with one attached hydrogen (secondary N) is 1. The van der Waals surface area contributed by atoms with Crippen molar-refractivity contribution >= 4 is 11.6 Å². The molecule has 0 bridgehead atoms. The minimum atomic E-state index is -0.198. The van der Waals surface area contributed by atoms with Gasteiger partial charge >= 0.3 is 0 Å². The van der Waals surface area contributed by atoms with Crippen molar-refractivity contribution in [3.05, 3.63) is 60.1 Å². The highest BCUT2D eigenvalue weighted by Gasteiger charge is 2.17. The van der Waals surface area contributed by atoms with Crippen molar-refractivity contribution in [1.82, 2.24) is 24.7 Å². The Balaban J connectivity index is 1.94. The highest BCUT2D eigenvalue weighted by molar-refractivity contribution is 6.05. The fraction of sp³-hybridized carbons (Fsp3) is 0.133. The fourth-order valence-corrected chi connectivity index (χ4v) is 2.31. The summed E-state index contributed by atoms with van der Waals surface area (Å²) in [5.74, 6) is 0.485. The van der Waals surface area contributed by atoms with E-state index in [1.807, 2.05) is 24.5 Å². The van der Waals surface area contributed by atoms with Crippen LogP contribution in [0.4, 0.5) is 5.69 Å². The van der Waals surface area contributed by atoms with Crippen molar-refractivity contribution in [2.75, 3.05) is 5.32 Å². The van der Waals surface area contributed by atoms with E-state index in [0.29, 0.717) is 17.1 Å². The van der Waals surface area contributed by atoms with Crippen LogP contribution in [0.15, 0.2) is 43.1 Å². The maximum absolute atomic E-state index is 12.4. The third-order valence-corrected chi connectivity index (χ3v) is 3.30. The molecule has 0 saturated carbocycles. The minimum absolute atomic E-state index is 0.198. The summed E-state index contributed by atoms with van der Waals surface area (Å²) in [6.45, 7) is 3.80.